The van der Waals surface area contributed by atoms with E-state index in [0.29, 0.717) is 28.0 Å². The van der Waals surface area contributed by atoms with Crippen LogP contribution in [0.3, 0.4) is 0 Å². The molecule has 44 heavy (non-hydrogen) atoms. The number of furan rings is 1. The van der Waals surface area contributed by atoms with Crippen LogP contribution in [-0.4, -0.2) is 50.1 Å². The van der Waals surface area contributed by atoms with E-state index >= 15 is 0 Å². The van der Waals surface area contributed by atoms with Crippen LogP contribution in [0.1, 0.15) is 43.8 Å². The molecule has 1 atom stereocenters. The molecule has 11 nitrogen and oxygen atoms in total. The molecule has 0 aliphatic carbocycles. The fourth-order valence-corrected chi connectivity index (χ4v) is 5.93. The number of esters is 1. The zero-order chi connectivity index (χ0) is 32.4. The Kier molecular flexibility index (Phi) is 9.17. The maximum Gasteiger partial charge on any atom is 0.349 e. The van der Waals surface area contributed by atoms with Crippen LogP contribution in [0.4, 0.5) is 5.69 Å². The number of carbonyl (C=O) groups is 3. The van der Waals surface area contributed by atoms with Crippen molar-refractivity contribution >= 4 is 44.5 Å². The second-order valence-electron chi connectivity index (χ2n) is 11.0. The fraction of sp³-hybridized carbons (Fsp3) is 0.281. The molecule has 3 aromatic carbocycles. The molecule has 0 fully saturated rings. The Morgan fingerprint density at radius 1 is 0.932 bits per heavy atom. The molecule has 0 aliphatic rings. The predicted molar refractivity (Wildman–Crippen MR) is 164 cm³/mol. The van der Waals surface area contributed by atoms with Gasteiger partial charge in [0.15, 0.2) is 11.4 Å². The van der Waals surface area contributed by atoms with Gasteiger partial charge in [-0.3, -0.25) is 9.59 Å². The van der Waals surface area contributed by atoms with Gasteiger partial charge >= 0.3 is 11.9 Å². The number of aryl methyl sites for hydroxylation is 1. The third kappa shape index (κ3) is 6.76. The second kappa shape index (κ2) is 12.5. The van der Waals surface area contributed by atoms with Crippen molar-refractivity contribution in [2.24, 2.45) is 5.92 Å². The monoisotopic (exact) mass is 622 g/mol. The predicted octanol–water partition coefficient (Wildman–Crippen LogP) is 5.38. The molecule has 1 heterocycles. The van der Waals surface area contributed by atoms with E-state index in [-0.39, 0.29) is 10.7 Å². The van der Waals surface area contributed by atoms with Crippen LogP contribution in [0.15, 0.2) is 76.0 Å². The molecule has 3 N–H and O–H groups in total. The van der Waals surface area contributed by atoms with Crippen molar-refractivity contribution in [3.63, 3.8) is 0 Å². The maximum atomic E-state index is 13.2. The first kappa shape index (κ1) is 32.2. The van der Waals surface area contributed by atoms with Crippen molar-refractivity contribution in [3.8, 4) is 16.9 Å². The zero-order valence-electron chi connectivity index (χ0n) is 25.1. The normalized spacial score (nSPS) is 12.6. The molecule has 4 aromatic rings. The molecule has 0 saturated heterocycles. The van der Waals surface area contributed by atoms with Gasteiger partial charge in [0.25, 0.3) is 5.91 Å². The van der Waals surface area contributed by atoms with E-state index in [0.717, 1.165) is 11.1 Å². The van der Waals surface area contributed by atoms with Gasteiger partial charge in [0.2, 0.25) is 10.0 Å². The van der Waals surface area contributed by atoms with Crippen molar-refractivity contribution < 1.29 is 41.8 Å². The molecule has 1 amide bonds. The molecule has 12 heteroatoms. The van der Waals surface area contributed by atoms with E-state index in [2.05, 4.69) is 10.0 Å². The second-order valence-corrected chi connectivity index (χ2v) is 12.7. The summed E-state index contributed by atoms with van der Waals surface area (Å²) in [5, 5.41) is 12.7. The van der Waals surface area contributed by atoms with Crippen LogP contribution in [0.2, 0.25) is 0 Å². The van der Waals surface area contributed by atoms with Gasteiger partial charge in [0.05, 0.1) is 17.4 Å². The number of anilines is 1. The molecule has 0 spiro atoms. The van der Waals surface area contributed by atoms with Crippen LogP contribution in [0.25, 0.3) is 22.1 Å². The number of ether oxygens (including phenoxy) is 2. The summed E-state index contributed by atoms with van der Waals surface area (Å²) >= 11 is 0. The third-order valence-electron chi connectivity index (χ3n) is 7.02. The van der Waals surface area contributed by atoms with Gasteiger partial charge < -0.3 is 24.3 Å². The van der Waals surface area contributed by atoms with Gasteiger partial charge in [0.1, 0.15) is 17.4 Å². The SMILES string of the molecule is COC(=O)C(C)(C)Oc1cccc2oc(C(=O)Nc3ccc(-c4ccc(S(=O)(=O)N[C@H](C(=O)O)C(C)C)cc4)cc3)c(C)c12. The molecular weight excluding hydrogens is 588 g/mol. The number of aliphatic carboxylic acids is 1. The Bertz CT molecular complexity index is 1810. The number of hydrogen-bond donors (Lipinski definition) is 3. The van der Waals surface area contributed by atoms with Crippen molar-refractivity contribution in [3.05, 3.63) is 78.1 Å². The lowest BCUT2D eigenvalue weighted by atomic mass is 10.1. The number of hydrogen-bond acceptors (Lipinski definition) is 8. The van der Waals surface area contributed by atoms with Gasteiger partial charge in [-0.25, -0.2) is 13.2 Å². The van der Waals surface area contributed by atoms with Crippen molar-refractivity contribution in [2.75, 3.05) is 12.4 Å². The fourth-order valence-electron chi connectivity index (χ4n) is 4.60. The number of carbonyl (C=O) groups excluding carboxylic acids is 2. The Hall–Kier alpha value is -4.68. The number of sulfonamides is 1. The number of fused-ring (bicyclic) bond motifs is 1. The molecule has 0 radical (unpaired) electrons. The summed E-state index contributed by atoms with van der Waals surface area (Å²) in [6.45, 7) is 8.14. The van der Waals surface area contributed by atoms with Gasteiger partial charge in [0, 0.05) is 11.3 Å². The highest BCUT2D eigenvalue weighted by atomic mass is 32.2. The highest BCUT2D eigenvalue weighted by Gasteiger charge is 2.33. The van der Waals surface area contributed by atoms with Gasteiger partial charge in [-0.15, -0.1) is 0 Å². The van der Waals surface area contributed by atoms with E-state index < -0.39 is 45.4 Å². The first-order valence-corrected chi connectivity index (χ1v) is 15.2. The average Bonchev–Trinajstić information content (AvgIpc) is 3.32. The van der Waals surface area contributed by atoms with Crippen LogP contribution in [-0.2, 0) is 24.3 Å². The minimum absolute atomic E-state index is 0.0549. The quantitative estimate of drug-likeness (QED) is 0.187. The van der Waals surface area contributed by atoms with Gasteiger partial charge in [-0.05, 0) is 74.2 Å². The Balaban J connectivity index is 1.50. The molecule has 0 unspecified atom stereocenters. The largest absolute Gasteiger partial charge is 0.480 e. The van der Waals surface area contributed by atoms with Crippen molar-refractivity contribution in [2.45, 2.75) is 51.2 Å². The Morgan fingerprint density at radius 3 is 2.07 bits per heavy atom. The summed E-state index contributed by atoms with van der Waals surface area (Å²) in [4.78, 5) is 36.7. The lowest BCUT2D eigenvalue weighted by molar-refractivity contribution is -0.156. The number of nitrogens with one attached hydrogen (secondary N) is 2. The molecule has 4 rings (SSSR count). The lowest BCUT2D eigenvalue weighted by Gasteiger charge is -2.23. The summed E-state index contributed by atoms with van der Waals surface area (Å²) in [6, 6.07) is 16.8. The molecule has 0 bridgehead atoms. The van der Waals surface area contributed by atoms with Crippen LogP contribution in [0, 0.1) is 12.8 Å². The summed E-state index contributed by atoms with van der Waals surface area (Å²) in [7, 11) is -2.76. The van der Waals surface area contributed by atoms with E-state index in [1.54, 1.807) is 89.2 Å². The van der Waals surface area contributed by atoms with Gasteiger partial charge in [-0.2, -0.15) is 4.72 Å². The van der Waals surface area contributed by atoms with Crippen molar-refractivity contribution in [1.29, 1.82) is 0 Å². The highest BCUT2D eigenvalue weighted by Crippen LogP contribution is 2.35. The summed E-state index contributed by atoms with van der Waals surface area (Å²) in [5.74, 6) is -2.25. The number of rotatable bonds is 11. The van der Waals surface area contributed by atoms with E-state index in [1.807, 2.05) is 0 Å². The molecular formula is C32H34N2O9S. The number of carboxylic acids is 1. The number of benzene rings is 3. The van der Waals surface area contributed by atoms with Crippen LogP contribution < -0.4 is 14.8 Å². The summed E-state index contributed by atoms with van der Waals surface area (Å²) in [5.41, 5.74) is 1.68. The molecule has 0 aliphatic heterocycles. The minimum Gasteiger partial charge on any atom is -0.480 e. The Labute approximate surface area is 255 Å². The Morgan fingerprint density at radius 2 is 1.52 bits per heavy atom. The maximum absolute atomic E-state index is 13.2. The van der Waals surface area contributed by atoms with E-state index in [9.17, 15) is 27.9 Å². The zero-order valence-corrected chi connectivity index (χ0v) is 25.9. The lowest BCUT2D eigenvalue weighted by Crippen LogP contribution is -2.44. The number of carboxylic acid groups (broad SMARTS) is 1. The average molecular weight is 623 g/mol. The standard InChI is InChI=1S/C32H34N2O9S/c1-18(2)27(30(36)37)34-44(39,40)23-16-12-21(13-17-23)20-10-14-22(15-11-20)33-29(35)28-19(3)26-24(42-28)8-7-9-25(26)43-32(4,5)31(38)41-6/h7-18,27,34H,1-6H3,(H,33,35)(H,36,37)/t27-/m0/s1. The summed E-state index contributed by atoms with van der Waals surface area (Å²) < 4.78 is 44.3. The number of amides is 1. The third-order valence-corrected chi connectivity index (χ3v) is 8.48. The first-order valence-electron chi connectivity index (χ1n) is 13.7. The molecule has 1 aromatic heterocycles. The highest BCUT2D eigenvalue weighted by molar-refractivity contribution is 7.89. The topological polar surface area (TPSA) is 161 Å². The first-order chi connectivity index (χ1) is 20.6. The van der Waals surface area contributed by atoms with Crippen molar-refractivity contribution in [1.82, 2.24) is 4.72 Å². The van der Waals surface area contributed by atoms with Crippen LogP contribution >= 0.6 is 0 Å². The smallest absolute Gasteiger partial charge is 0.349 e. The number of methoxy groups -OCH3 is 1. The van der Waals surface area contributed by atoms with Crippen LogP contribution in [0.5, 0.6) is 5.75 Å². The van der Waals surface area contributed by atoms with Gasteiger partial charge in [-0.1, -0.05) is 44.2 Å². The van der Waals surface area contributed by atoms with E-state index in [1.165, 1.54) is 19.2 Å². The minimum atomic E-state index is -4.04. The van der Waals surface area contributed by atoms with E-state index in [4.69, 9.17) is 13.9 Å². The molecule has 232 valence electrons. The summed E-state index contributed by atoms with van der Waals surface area (Å²) in [6.07, 6.45) is 0. The molecule has 0 saturated carbocycles.